The molecule has 0 radical (unpaired) electrons. The first-order valence-electron chi connectivity index (χ1n) is 7.48. The minimum absolute atomic E-state index is 0.303. The average Bonchev–Trinajstić information content (AvgIpc) is 2.63. The maximum Gasteiger partial charge on any atom is 0.135 e. The third-order valence-electron chi connectivity index (χ3n) is 3.91. The SMILES string of the molecule is Cc1c(N)nc(C(C)C)nc1NC1CCCCCC1. The van der Waals surface area contributed by atoms with Gasteiger partial charge in [0, 0.05) is 17.5 Å². The quantitative estimate of drug-likeness (QED) is 0.817. The van der Waals surface area contributed by atoms with E-state index in [9.17, 15) is 0 Å². The summed E-state index contributed by atoms with van der Waals surface area (Å²) in [5, 5.41) is 3.59. The van der Waals surface area contributed by atoms with Crippen LogP contribution in [-0.4, -0.2) is 16.0 Å². The zero-order valence-corrected chi connectivity index (χ0v) is 12.4. The van der Waals surface area contributed by atoms with Gasteiger partial charge in [-0.2, -0.15) is 0 Å². The molecule has 0 spiro atoms. The molecule has 1 aromatic heterocycles. The van der Waals surface area contributed by atoms with Gasteiger partial charge in [0.05, 0.1) is 0 Å². The molecule has 1 heterocycles. The van der Waals surface area contributed by atoms with Crippen LogP contribution < -0.4 is 11.1 Å². The Morgan fingerprint density at radius 3 is 2.32 bits per heavy atom. The summed E-state index contributed by atoms with van der Waals surface area (Å²) < 4.78 is 0. The summed E-state index contributed by atoms with van der Waals surface area (Å²) in [5.74, 6) is 2.68. The van der Waals surface area contributed by atoms with E-state index < -0.39 is 0 Å². The van der Waals surface area contributed by atoms with Gasteiger partial charge in [-0.3, -0.25) is 0 Å². The second-order valence-electron chi connectivity index (χ2n) is 5.93. The molecular formula is C15H26N4. The molecule has 19 heavy (non-hydrogen) atoms. The fourth-order valence-corrected chi connectivity index (χ4v) is 2.57. The lowest BCUT2D eigenvalue weighted by Crippen LogP contribution is -2.21. The van der Waals surface area contributed by atoms with Crippen LogP contribution in [0.4, 0.5) is 11.6 Å². The maximum atomic E-state index is 6.00. The number of rotatable bonds is 3. The van der Waals surface area contributed by atoms with Crippen LogP contribution in [0, 0.1) is 6.92 Å². The summed E-state index contributed by atoms with van der Waals surface area (Å²) in [6, 6.07) is 0.538. The summed E-state index contributed by atoms with van der Waals surface area (Å²) in [6.07, 6.45) is 7.82. The van der Waals surface area contributed by atoms with E-state index in [1.807, 2.05) is 6.92 Å². The molecule has 0 aromatic carbocycles. The van der Waals surface area contributed by atoms with Gasteiger partial charge < -0.3 is 11.1 Å². The van der Waals surface area contributed by atoms with Gasteiger partial charge in [-0.05, 0) is 19.8 Å². The van der Waals surface area contributed by atoms with E-state index in [-0.39, 0.29) is 0 Å². The highest BCUT2D eigenvalue weighted by Crippen LogP contribution is 2.25. The highest BCUT2D eigenvalue weighted by Gasteiger charge is 2.16. The third kappa shape index (κ3) is 3.58. The number of nitrogens with zero attached hydrogens (tertiary/aromatic N) is 2. The Balaban J connectivity index is 2.18. The van der Waals surface area contributed by atoms with Gasteiger partial charge in [-0.25, -0.2) is 9.97 Å². The molecule has 0 saturated heterocycles. The van der Waals surface area contributed by atoms with Crippen molar-refractivity contribution in [2.45, 2.75) is 71.3 Å². The van der Waals surface area contributed by atoms with Gasteiger partial charge >= 0.3 is 0 Å². The van der Waals surface area contributed by atoms with Crippen molar-refractivity contribution in [2.75, 3.05) is 11.1 Å². The van der Waals surface area contributed by atoms with Crippen LogP contribution in [0.1, 0.15) is 69.7 Å². The Labute approximate surface area is 116 Å². The number of nitrogens with two attached hydrogens (primary N) is 1. The summed E-state index contributed by atoms with van der Waals surface area (Å²) in [6.45, 7) is 6.19. The average molecular weight is 262 g/mol. The van der Waals surface area contributed by atoms with Crippen LogP contribution in [0.15, 0.2) is 0 Å². The van der Waals surface area contributed by atoms with E-state index in [2.05, 4.69) is 29.1 Å². The number of hydrogen-bond donors (Lipinski definition) is 2. The zero-order valence-electron chi connectivity index (χ0n) is 12.4. The van der Waals surface area contributed by atoms with Crippen molar-refractivity contribution < 1.29 is 0 Å². The van der Waals surface area contributed by atoms with Crippen molar-refractivity contribution in [2.24, 2.45) is 0 Å². The molecular weight excluding hydrogens is 236 g/mol. The standard InChI is InChI=1S/C15H26N4/c1-10(2)14-18-13(16)11(3)15(19-14)17-12-8-6-4-5-7-9-12/h10,12H,4-9H2,1-3H3,(H3,16,17,18,19). The predicted molar refractivity (Wildman–Crippen MR) is 80.4 cm³/mol. The topological polar surface area (TPSA) is 63.8 Å². The van der Waals surface area contributed by atoms with Gasteiger partial charge in [0.25, 0.3) is 0 Å². The Hall–Kier alpha value is -1.32. The first-order chi connectivity index (χ1) is 9.08. The molecule has 0 amide bonds. The zero-order chi connectivity index (χ0) is 13.8. The van der Waals surface area contributed by atoms with Gasteiger partial charge in [0.15, 0.2) is 0 Å². The van der Waals surface area contributed by atoms with E-state index in [0.29, 0.717) is 17.8 Å². The summed E-state index contributed by atoms with van der Waals surface area (Å²) in [4.78, 5) is 9.03. The lowest BCUT2D eigenvalue weighted by molar-refractivity contribution is 0.615. The molecule has 0 aliphatic heterocycles. The number of hydrogen-bond acceptors (Lipinski definition) is 4. The Bertz CT molecular complexity index is 420. The lowest BCUT2D eigenvalue weighted by Gasteiger charge is -2.20. The third-order valence-corrected chi connectivity index (χ3v) is 3.91. The van der Waals surface area contributed by atoms with Crippen LogP contribution in [-0.2, 0) is 0 Å². The van der Waals surface area contributed by atoms with Crippen molar-refractivity contribution in [3.05, 3.63) is 11.4 Å². The number of aromatic nitrogens is 2. The lowest BCUT2D eigenvalue weighted by atomic mass is 10.1. The summed E-state index contributed by atoms with van der Waals surface area (Å²) >= 11 is 0. The van der Waals surface area contributed by atoms with Crippen LogP contribution >= 0.6 is 0 Å². The van der Waals surface area contributed by atoms with Gasteiger partial charge in [-0.1, -0.05) is 39.5 Å². The predicted octanol–water partition coefficient (Wildman–Crippen LogP) is 3.63. The van der Waals surface area contributed by atoms with E-state index in [4.69, 9.17) is 5.73 Å². The highest BCUT2D eigenvalue weighted by atomic mass is 15.1. The monoisotopic (exact) mass is 262 g/mol. The van der Waals surface area contributed by atoms with Gasteiger partial charge in [-0.15, -0.1) is 0 Å². The van der Waals surface area contributed by atoms with E-state index >= 15 is 0 Å². The Morgan fingerprint density at radius 1 is 1.11 bits per heavy atom. The van der Waals surface area contributed by atoms with E-state index in [1.165, 1.54) is 38.5 Å². The number of nitrogen functional groups attached to an aromatic ring is 1. The molecule has 0 bridgehead atoms. The molecule has 1 aromatic rings. The largest absolute Gasteiger partial charge is 0.383 e. The second-order valence-corrected chi connectivity index (χ2v) is 5.93. The molecule has 1 saturated carbocycles. The highest BCUT2D eigenvalue weighted by molar-refractivity contribution is 5.55. The van der Waals surface area contributed by atoms with Crippen molar-refractivity contribution in [3.63, 3.8) is 0 Å². The van der Waals surface area contributed by atoms with Gasteiger partial charge in [0.1, 0.15) is 17.5 Å². The first kappa shape index (κ1) is 14.1. The fraction of sp³-hybridized carbons (Fsp3) is 0.733. The minimum atomic E-state index is 0.303. The molecule has 0 atom stereocenters. The molecule has 1 aliphatic rings. The molecule has 4 nitrogen and oxygen atoms in total. The molecule has 3 N–H and O–H groups in total. The first-order valence-corrected chi connectivity index (χ1v) is 7.48. The molecule has 4 heteroatoms. The Morgan fingerprint density at radius 2 is 1.74 bits per heavy atom. The molecule has 2 rings (SSSR count). The van der Waals surface area contributed by atoms with E-state index in [1.54, 1.807) is 0 Å². The van der Waals surface area contributed by atoms with Crippen LogP contribution in [0.3, 0.4) is 0 Å². The Kier molecular flexibility index (Phi) is 4.61. The molecule has 106 valence electrons. The van der Waals surface area contributed by atoms with Crippen LogP contribution in [0.25, 0.3) is 0 Å². The van der Waals surface area contributed by atoms with E-state index in [0.717, 1.165) is 17.2 Å². The summed E-state index contributed by atoms with van der Waals surface area (Å²) in [7, 11) is 0. The van der Waals surface area contributed by atoms with Crippen molar-refractivity contribution >= 4 is 11.6 Å². The van der Waals surface area contributed by atoms with Crippen LogP contribution in [0.5, 0.6) is 0 Å². The second kappa shape index (κ2) is 6.22. The summed E-state index contributed by atoms with van der Waals surface area (Å²) in [5.41, 5.74) is 6.98. The number of anilines is 2. The molecule has 1 aliphatic carbocycles. The van der Waals surface area contributed by atoms with Crippen molar-refractivity contribution in [1.29, 1.82) is 0 Å². The normalized spacial score (nSPS) is 17.5. The minimum Gasteiger partial charge on any atom is -0.383 e. The van der Waals surface area contributed by atoms with Crippen LogP contribution in [0.2, 0.25) is 0 Å². The fourth-order valence-electron chi connectivity index (χ4n) is 2.57. The maximum absolute atomic E-state index is 6.00. The number of nitrogens with one attached hydrogen (secondary N) is 1. The smallest absolute Gasteiger partial charge is 0.135 e. The molecule has 0 unspecified atom stereocenters. The van der Waals surface area contributed by atoms with Crippen molar-refractivity contribution in [3.8, 4) is 0 Å². The van der Waals surface area contributed by atoms with Gasteiger partial charge in [0.2, 0.25) is 0 Å². The van der Waals surface area contributed by atoms with Crippen molar-refractivity contribution in [1.82, 2.24) is 9.97 Å². The molecule has 1 fully saturated rings.